The van der Waals surface area contributed by atoms with Crippen molar-refractivity contribution in [1.29, 1.82) is 0 Å². The molecule has 11 heteroatoms. The van der Waals surface area contributed by atoms with E-state index in [1.54, 1.807) is 42.7 Å². The maximum atomic E-state index is 14.4. The predicted octanol–water partition coefficient (Wildman–Crippen LogP) is 4.86. The molecule has 204 valence electrons. The highest BCUT2D eigenvalue weighted by atomic mass is 32.2. The van der Waals surface area contributed by atoms with Crippen molar-refractivity contribution in [3.05, 3.63) is 101 Å². The van der Waals surface area contributed by atoms with Crippen LogP contribution in [-0.4, -0.2) is 44.2 Å². The zero-order valence-corrected chi connectivity index (χ0v) is 22.7. The van der Waals surface area contributed by atoms with Gasteiger partial charge in [0, 0.05) is 42.1 Å². The van der Waals surface area contributed by atoms with Crippen LogP contribution in [0, 0.1) is 19.7 Å². The zero-order valence-electron chi connectivity index (χ0n) is 21.8. The van der Waals surface area contributed by atoms with E-state index < -0.39 is 17.8 Å². The van der Waals surface area contributed by atoms with E-state index in [0.29, 0.717) is 33.5 Å². The number of benzene rings is 2. The predicted molar refractivity (Wildman–Crippen MR) is 147 cm³/mol. The number of aromatic nitrogens is 3. The quantitative estimate of drug-likeness (QED) is 0.229. The van der Waals surface area contributed by atoms with Crippen LogP contribution in [0.3, 0.4) is 0 Å². The van der Waals surface area contributed by atoms with Gasteiger partial charge in [0.15, 0.2) is 16.7 Å². The topological polar surface area (TPSA) is 107 Å². The molecule has 0 fully saturated rings. The van der Waals surface area contributed by atoms with Gasteiger partial charge in [0.25, 0.3) is 5.91 Å². The fourth-order valence-electron chi connectivity index (χ4n) is 4.31. The number of fused-ring (bicyclic) bond motifs is 1. The molecule has 0 saturated heterocycles. The molecule has 0 aliphatic carbocycles. The number of halogens is 1. The summed E-state index contributed by atoms with van der Waals surface area (Å²) in [6, 6.07) is 14.9. The summed E-state index contributed by atoms with van der Waals surface area (Å²) in [4.78, 5) is 42.1. The van der Waals surface area contributed by atoms with E-state index in [2.05, 4.69) is 20.3 Å². The van der Waals surface area contributed by atoms with Crippen LogP contribution >= 0.6 is 11.8 Å². The fourth-order valence-corrected chi connectivity index (χ4v) is 5.15. The van der Waals surface area contributed by atoms with Gasteiger partial charge in [-0.3, -0.25) is 14.6 Å². The number of aryl methyl sites for hydroxylation is 2. The van der Waals surface area contributed by atoms with Crippen molar-refractivity contribution in [2.45, 2.75) is 31.6 Å². The molecule has 1 atom stereocenters. The van der Waals surface area contributed by atoms with E-state index >= 15 is 0 Å². The standard InChI is InChI=1S/C29H26FN5O4S/c1-18-11-19(2)33-29(32-18)40-16-26(36)35(15-20-5-4-10-31-14-20)27(21-6-3-7-22(30)12-21)28(37)34-23-8-9-24-25(13-23)39-17-38-24/h3-14,27H,15-17H2,1-2H3,(H,34,37). The molecule has 0 spiro atoms. The van der Waals surface area contributed by atoms with E-state index in [1.807, 2.05) is 26.0 Å². The number of ether oxygens (including phenoxy) is 2. The number of rotatable bonds is 9. The van der Waals surface area contributed by atoms with Gasteiger partial charge in [-0.15, -0.1) is 0 Å². The summed E-state index contributed by atoms with van der Waals surface area (Å²) >= 11 is 1.18. The number of nitrogens with one attached hydrogen (secondary N) is 1. The van der Waals surface area contributed by atoms with Crippen LogP contribution in [0.2, 0.25) is 0 Å². The molecule has 4 aromatic rings. The van der Waals surface area contributed by atoms with Gasteiger partial charge in [-0.25, -0.2) is 14.4 Å². The van der Waals surface area contributed by atoms with E-state index in [9.17, 15) is 14.0 Å². The van der Waals surface area contributed by atoms with E-state index in [-0.39, 0.29) is 25.0 Å². The minimum Gasteiger partial charge on any atom is -0.454 e. The van der Waals surface area contributed by atoms with Crippen LogP contribution in [0.4, 0.5) is 10.1 Å². The van der Waals surface area contributed by atoms with Gasteiger partial charge in [0.05, 0.1) is 5.75 Å². The Hall–Kier alpha value is -4.51. The first-order valence-electron chi connectivity index (χ1n) is 12.4. The van der Waals surface area contributed by atoms with Crippen LogP contribution < -0.4 is 14.8 Å². The van der Waals surface area contributed by atoms with Crippen molar-refractivity contribution in [1.82, 2.24) is 19.9 Å². The minimum atomic E-state index is -1.16. The second-order valence-electron chi connectivity index (χ2n) is 9.12. The number of thioether (sulfide) groups is 1. The Labute approximate surface area is 234 Å². The highest BCUT2D eigenvalue weighted by Crippen LogP contribution is 2.35. The molecular formula is C29H26FN5O4S. The van der Waals surface area contributed by atoms with Crippen LogP contribution in [0.25, 0.3) is 0 Å². The van der Waals surface area contributed by atoms with Crippen LogP contribution in [-0.2, 0) is 16.1 Å². The second-order valence-corrected chi connectivity index (χ2v) is 10.1. The Morgan fingerprint density at radius 1 is 1.02 bits per heavy atom. The minimum absolute atomic E-state index is 0.0354. The lowest BCUT2D eigenvalue weighted by molar-refractivity contribution is -0.137. The molecule has 1 aliphatic rings. The lowest BCUT2D eigenvalue weighted by atomic mass is 10.0. The molecule has 3 heterocycles. The number of carbonyl (C=O) groups excluding carboxylic acids is 2. The maximum Gasteiger partial charge on any atom is 0.251 e. The van der Waals surface area contributed by atoms with E-state index in [4.69, 9.17) is 9.47 Å². The SMILES string of the molecule is Cc1cc(C)nc(SCC(=O)N(Cc2cccnc2)C(C(=O)Nc2ccc3c(c2)OCO3)c2cccc(F)c2)n1. The van der Waals surface area contributed by atoms with Gasteiger partial charge in [-0.05, 0) is 61.4 Å². The smallest absolute Gasteiger partial charge is 0.251 e. The summed E-state index contributed by atoms with van der Waals surface area (Å²) in [5.74, 6) is -0.370. The van der Waals surface area contributed by atoms with E-state index in [1.165, 1.54) is 34.9 Å². The van der Waals surface area contributed by atoms with E-state index in [0.717, 1.165) is 11.4 Å². The summed E-state index contributed by atoms with van der Waals surface area (Å²) in [5.41, 5.74) is 3.05. The van der Waals surface area contributed by atoms with Crippen molar-refractivity contribution in [3.8, 4) is 11.5 Å². The fraction of sp³-hybridized carbons (Fsp3) is 0.207. The number of anilines is 1. The zero-order chi connectivity index (χ0) is 28.1. The first-order chi connectivity index (χ1) is 19.4. The molecule has 1 N–H and O–H groups in total. The molecule has 2 aromatic carbocycles. The number of hydrogen-bond donors (Lipinski definition) is 1. The van der Waals surface area contributed by atoms with Crippen LogP contribution in [0.5, 0.6) is 11.5 Å². The number of hydrogen-bond acceptors (Lipinski definition) is 8. The third-order valence-corrected chi connectivity index (χ3v) is 6.88. The monoisotopic (exact) mass is 559 g/mol. The Bertz CT molecular complexity index is 1520. The Kier molecular flexibility index (Phi) is 8.20. The maximum absolute atomic E-state index is 14.4. The molecule has 1 aliphatic heterocycles. The number of nitrogens with zero attached hydrogens (tertiary/aromatic N) is 4. The van der Waals surface area contributed by atoms with Gasteiger partial charge in [0.2, 0.25) is 12.7 Å². The van der Waals surface area contributed by atoms with Crippen molar-refractivity contribution in [2.75, 3.05) is 17.9 Å². The molecule has 0 radical (unpaired) electrons. The molecule has 1 unspecified atom stereocenters. The summed E-state index contributed by atoms with van der Waals surface area (Å²) in [6.45, 7) is 3.87. The average Bonchev–Trinajstić information content (AvgIpc) is 3.39. The lowest BCUT2D eigenvalue weighted by Gasteiger charge is -2.31. The van der Waals surface area contributed by atoms with Gasteiger partial charge in [-0.1, -0.05) is 30.0 Å². The second kappa shape index (κ2) is 12.1. The van der Waals surface area contributed by atoms with Crippen LogP contribution in [0.1, 0.15) is 28.6 Å². The molecule has 40 heavy (non-hydrogen) atoms. The third-order valence-electron chi connectivity index (χ3n) is 6.05. The van der Waals surface area contributed by atoms with Crippen molar-refractivity contribution >= 4 is 29.3 Å². The number of pyridine rings is 1. The molecule has 2 amide bonds. The summed E-state index contributed by atoms with van der Waals surface area (Å²) < 4.78 is 25.2. The molecule has 5 rings (SSSR count). The first-order valence-corrected chi connectivity index (χ1v) is 13.4. The summed E-state index contributed by atoms with van der Waals surface area (Å²) in [7, 11) is 0. The number of amides is 2. The Morgan fingerprint density at radius 2 is 1.82 bits per heavy atom. The highest BCUT2D eigenvalue weighted by molar-refractivity contribution is 7.99. The lowest BCUT2D eigenvalue weighted by Crippen LogP contribution is -2.42. The van der Waals surface area contributed by atoms with Gasteiger partial charge < -0.3 is 19.7 Å². The van der Waals surface area contributed by atoms with Crippen molar-refractivity contribution in [3.63, 3.8) is 0 Å². The molecule has 0 saturated carbocycles. The van der Waals surface area contributed by atoms with Gasteiger partial charge >= 0.3 is 0 Å². The molecular weight excluding hydrogens is 533 g/mol. The Morgan fingerprint density at radius 3 is 2.58 bits per heavy atom. The Balaban J connectivity index is 1.48. The number of carbonyl (C=O) groups is 2. The van der Waals surface area contributed by atoms with Crippen molar-refractivity contribution in [2.24, 2.45) is 0 Å². The normalized spacial score (nSPS) is 12.6. The highest BCUT2D eigenvalue weighted by Gasteiger charge is 2.32. The van der Waals surface area contributed by atoms with Gasteiger partial charge in [-0.2, -0.15) is 0 Å². The summed E-state index contributed by atoms with van der Waals surface area (Å²) in [6.07, 6.45) is 3.25. The van der Waals surface area contributed by atoms with Crippen LogP contribution in [0.15, 0.2) is 78.2 Å². The molecule has 0 bridgehead atoms. The molecule has 9 nitrogen and oxygen atoms in total. The van der Waals surface area contributed by atoms with Crippen molar-refractivity contribution < 1.29 is 23.5 Å². The summed E-state index contributed by atoms with van der Waals surface area (Å²) in [5, 5.41) is 3.32. The average molecular weight is 560 g/mol. The third kappa shape index (κ3) is 6.55. The molecule has 2 aromatic heterocycles. The largest absolute Gasteiger partial charge is 0.454 e. The van der Waals surface area contributed by atoms with Gasteiger partial charge in [0.1, 0.15) is 11.9 Å². The first kappa shape index (κ1) is 27.1.